The van der Waals surface area contributed by atoms with Gasteiger partial charge < -0.3 is 19.3 Å². The molecule has 97 heavy (non-hydrogen) atoms. The SMILES string of the molecule is Cn1c(-c2ccn(-c3ccc4c(cnn4CCN4CCCC4)c3)c(=O)c2)cc2ccccc21.O=c1cc(-c2ccc(Cl)cc2Cl)ccn1-c1ccc2c(cnn2CCN2CCCC2)c1.O=c1cc(-c2cccc(C(F)(F)F)c2)ccn1-c1ccc2c(cnn2CCN2CCCC2)c1. The molecule has 3 aliphatic heterocycles. The van der Waals surface area contributed by atoms with Gasteiger partial charge in [-0.1, -0.05) is 59.6 Å². The fraction of sp³-hybridized carbons (Fsp3) is 0.263. The Kier molecular flexibility index (Phi) is 18.8. The quantitative estimate of drug-likeness (QED) is 0.0983. The van der Waals surface area contributed by atoms with Gasteiger partial charge in [-0.2, -0.15) is 28.5 Å². The maximum absolute atomic E-state index is 13.1. The predicted molar refractivity (Wildman–Crippen MR) is 381 cm³/mol. The van der Waals surface area contributed by atoms with Gasteiger partial charge in [-0.25, -0.2) is 0 Å². The highest BCUT2D eigenvalue weighted by Crippen LogP contribution is 2.34. The van der Waals surface area contributed by atoms with Crippen LogP contribution >= 0.6 is 23.2 Å². The molecule has 494 valence electrons. The molecule has 0 unspecified atom stereocenters. The van der Waals surface area contributed by atoms with Crippen molar-refractivity contribution in [2.24, 2.45) is 7.05 Å². The van der Waals surface area contributed by atoms with Crippen LogP contribution in [0.1, 0.15) is 44.1 Å². The fourth-order valence-corrected chi connectivity index (χ4v) is 14.2. The molecule has 0 aliphatic carbocycles. The first-order chi connectivity index (χ1) is 47.1. The largest absolute Gasteiger partial charge is 0.416 e. The summed E-state index contributed by atoms with van der Waals surface area (Å²) in [5.41, 5.74) is 9.79. The van der Waals surface area contributed by atoms with E-state index in [4.69, 9.17) is 23.2 Å². The maximum atomic E-state index is 13.1. The molecule has 16 nitrogen and oxygen atoms in total. The van der Waals surface area contributed by atoms with E-state index < -0.39 is 11.7 Å². The second-order valence-electron chi connectivity index (χ2n) is 25.2. The number of hydrogen-bond donors (Lipinski definition) is 0. The van der Waals surface area contributed by atoms with Crippen molar-refractivity contribution in [1.29, 1.82) is 0 Å². The molecule has 16 rings (SSSR count). The van der Waals surface area contributed by atoms with E-state index in [9.17, 15) is 27.6 Å². The number of hydrogen-bond acceptors (Lipinski definition) is 9. The first kappa shape index (κ1) is 64.7. The monoisotopic (exact) mass is 1340 g/mol. The summed E-state index contributed by atoms with van der Waals surface area (Å²) in [6.45, 7) is 12.6. The summed E-state index contributed by atoms with van der Waals surface area (Å²) in [7, 11) is 2.04. The minimum atomic E-state index is -4.43. The molecule has 3 saturated heterocycles. The molecule has 13 aromatic rings. The Balaban J connectivity index is 0.000000125. The Morgan fingerprint density at radius 3 is 1.29 bits per heavy atom. The third-order valence-corrected chi connectivity index (χ3v) is 19.5. The van der Waals surface area contributed by atoms with Gasteiger partial charge in [0.15, 0.2) is 0 Å². The Hall–Kier alpha value is -9.63. The van der Waals surface area contributed by atoms with Crippen LogP contribution in [-0.2, 0) is 32.9 Å². The van der Waals surface area contributed by atoms with E-state index in [-0.39, 0.29) is 16.7 Å². The zero-order chi connectivity index (χ0) is 66.7. The molecule has 0 amide bonds. The number of halogens is 5. The summed E-state index contributed by atoms with van der Waals surface area (Å²) in [6, 6.07) is 48.8. The molecule has 7 aromatic heterocycles. The third-order valence-electron chi connectivity index (χ3n) is 19.0. The van der Waals surface area contributed by atoms with E-state index >= 15 is 0 Å². The van der Waals surface area contributed by atoms with Gasteiger partial charge in [0.25, 0.3) is 16.7 Å². The number of likely N-dealkylation sites (tertiary alicyclic amines) is 3. The summed E-state index contributed by atoms with van der Waals surface area (Å²) in [5.74, 6) is 0. The smallest absolute Gasteiger partial charge is 0.344 e. The van der Waals surface area contributed by atoms with E-state index in [0.717, 1.165) is 136 Å². The summed E-state index contributed by atoms with van der Waals surface area (Å²) >= 11 is 12.3. The maximum Gasteiger partial charge on any atom is 0.416 e. The van der Waals surface area contributed by atoms with Crippen LogP contribution < -0.4 is 16.7 Å². The Labute approximate surface area is 567 Å². The van der Waals surface area contributed by atoms with Crippen LogP contribution in [0, 0.1) is 0 Å². The molecule has 0 atom stereocenters. The topological polar surface area (TPSA) is 134 Å². The Morgan fingerprint density at radius 2 is 0.835 bits per heavy atom. The van der Waals surface area contributed by atoms with E-state index in [1.165, 1.54) is 86.8 Å². The number of aromatic nitrogens is 10. The number of fused-ring (bicyclic) bond motifs is 4. The zero-order valence-electron chi connectivity index (χ0n) is 53.7. The van der Waals surface area contributed by atoms with Gasteiger partial charge in [0.2, 0.25) is 0 Å². The first-order valence-corrected chi connectivity index (χ1v) is 33.8. The van der Waals surface area contributed by atoms with Crippen LogP contribution in [0.15, 0.2) is 215 Å². The molecule has 6 aromatic carbocycles. The number of pyridine rings is 3. The lowest BCUT2D eigenvalue weighted by Crippen LogP contribution is -2.24. The molecule has 0 spiro atoms. The number of aryl methyl sites for hydroxylation is 1. The number of nitrogens with zero attached hydrogens (tertiary/aromatic N) is 13. The normalized spacial score (nSPS) is 14.7. The van der Waals surface area contributed by atoms with Gasteiger partial charge in [-0.15, -0.1) is 0 Å². The van der Waals surface area contributed by atoms with Gasteiger partial charge in [-0.3, -0.25) is 42.1 Å². The van der Waals surface area contributed by atoms with Gasteiger partial charge in [0.1, 0.15) is 0 Å². The fourth-order valence-electron chi connectivity index (χ4n) is 13.7. The minimum absolute atomic E-state index is 0.0430. The predicted octanol–water partition coefficient (Wildman–Crippen LogP) is 14.7. The van der Waals surface area contributed by atoms with Crippen LogP contribution in [0.2, 0.25) is 10.0 Å². The van der Waals surface area contributed by atoms with Crippen molar-refractivity contribution in [2.75, 3.05) is 58.9 Å². The van der Waals surface area contributed by atoms with Crippen LogP contribution in [0.25, 0.3) is 94.2 Å². The summed E-state index contributed by atoms with van der Waals surface area (Å²) in [4.78, 5) is 46.1. The van der Waals surface area contributed by atoms with Crippen molar-refractivity contribution < 1.29 is 13.2 Å². The molecular formula is C76H72Cl2F3N13O3. The Bertz CT molecular complexity index is 5200. The number of alkyl halides is 3. The van der Waals surface area contributed by atoms with Crippen molar-refractivity contribution in [3.63, 3.8) is 0 Å². The highest BCUT2D eigenvalue weighted by Gasteiger charge is 2.30. The van der Waals surface area contributed by atoms with Gasteiger partial charge in [0, 0.05) is 134 Å². The highest BCUT2D eigenvalue weighted by atomic mass is 35.5. The van der Waals surface area contributed by atoms with Gasteiger partial charge in [-0.05, 0) is 204 Å². The molecule has 0 saturated carbocycles. The molecular weight excluding hydrogens is 1270 g/mol. The second-order valence-corrected chi connectivity index (χ2v) is 26.0. The Morgan fingerprint density at radius 1 is 0.402 bits per heavy atom. The summed E-state index contributed by atoms with van der Waals surface area (Å²) < 4.78 is 52.1. The lowest BCUT2D eigenvalue weighted by atomic mass is 10.0. The van der Waals surface area contributed by atoms with Crippen molar-refractivity contribution in [3.05, 3.63) is 248 Å². The van der Waals surface area contributed by atoms with Gasteiger partial charge in [0.05, 0.1) is 60.3 Å². The van der Waals surface area contributed by atoms with E-state index in [1.807, 2.05) is 114 Å². The number of rotatable bonds is 15. The third kappa shape index (κ3) is 14.3. The van der Waals surface area contributed by atoms with E-state index in [2.05, 4.69) is 63.5 Å². The van der Waals surface area contributed by atoms with Gasteiger partial charge >= 0.3 is 6.18 Å². The van der Waals surface area contributed by atoms with Crippen LogP contribution in [-0.4, -0.2) is 121 Å². The molecule has 3 fully saturated rings. The standard InChI is InChI=1S/C27H27N5O.C25H23F3N4O.C24H22Cl2N4O/c1-29-24-7-3-2-6-20(24)17-26(29)21-10-13-31(27(33)18-21)23-8-9-25-22(16-23)19-28-32(25)15-14-30-11-4-5-12-30;26-25(27,28)21-5-3-4-18(14-21)19-8-11-31(24(33)16-19)22-6-7-23-20(15-22)17-29-32(23)13-12-30-9-1-2-10-30;25-19-3-5-21(22(26)15-19)17-7-10-29(24(31)14-17)20-4-6-23-18(13-20)16-27-30(23)12-11-28-8-1-2-9-28/h2-3,6-10,13,16-19H,4-5,11-12,14-15H2,1H3;3-8,11,14-17H,1-2,9-10,12-13H2;3-7,10,13-16H,1-2,8-9,11-12H2. The molecule has 21 heteroatoms. The summed E-state index contributed by atoms with van der Waals surface area (Å²) in [6.07, 6.45) is 14.1. The van der Waals surface area contributed by atoms with Crippen molar-refractivity contribution in [2.45, 2.75) is 64.3 Å². The van der Waals surface area contributed by atoms with Crippen LogP contribution in [0.5, 0.6) is 0 Å². The lowest BCUT2D eigenvalue weighted by Gasteiger charge is -2.14. The zero-order valence-corrected chi connectivity index (χ0v) is 55.2. The van der Waals surface area contributed by atoms with Crippen molar-refractivity contribution in [3.8, 4) is 50.6 Å². The minimum Gasteiger partial charge on any atom is -0.344 e. The average molecular weight is 1340 g/mol. The number of benzene rings is 6. The molecule has 10 heterocycles. The highest BCUT2D eigenvalue weighted by molar-refractivity contribution is 6.36. The molecule has 3 aliphatic rings. The molecule has 0 radical (unpaired) electrons. The number of para-hydroxylation sites is 1. The lowest BCUT2D eigenvalue weighted by molar-refractivity contribution is -0.137. The molecule has 0 bridgehead atoms. The van der Waals surface area contributed by atoms with E-state index in [1.54, 1.807) is 64.1 Å². The van der Waals surface area contributed by atoms with Crippen LogP contribution in [0.4, 0.5) is 13.2 Å². The molecule has 0 N–H and O–H groups in total. The van der Waals surface area contributed by atoms with E-state index in [0.29, 0.717) is 26.9 Å². The summed E-state index contributed by atoms with van der Waals surface area (Å²) in [5, 5.41) is 18.9. The van der Waals surface area contributed by atoms with Crippen molar-refractivity contribution in [1.82, 2.24) is 62.3 Å². The van der Waals surface area contributed by atoms with Crippen molar-refractivity contribution >= 4 is 66.8 Å². The second kappa shape index (κ2) is 28.2. The average Bonchev–Trinajstić information content (AvgIpc) is 1.73. The van der Waals surface area contributed by atoms with Crippen LogP contribution in [0.3, 0.4) is 0 Å². The first-order valence-electron chi connectivity index (χ1n) is 33.1.